The Morgan fingerprint density at radius 3 is 2.54 bits per heavy atom. The molecule has 2 unspecified atom stereocenters. The van der Waals surface area contributed by atoms with E-state index in [1.54, 1.807) is 6.33 Å². The van der Waals surface area contributed by atoms with Crippen molar-refractivity contribution in [2.45, 2.75) is 84.2 Å². The van der Waals surface area contributed by atoms with Crippen LogP contribution in [0.25, 0.3) is 27.8 Å². The van der Waals surface area contributed by atoms with E-state index in [0.29, 0.717) is 17.3 Å². The van der Waals surface area contributed by atoms with Crippen LogP contribution in [-0.4, -0.2) is 56.3 Å². The number of piperidine rings is 1. The van der Waals surface area contributed by atoms with Crippen molar-refractivity contribution in [1.29, 1.82) is 0 Å². The molecule has 0 saturated carbocycles. The molecule has 3 aromatic heterocycles. The van der Waals surface area contributed by atoms with Gasteiger partial charge in [-0.25, -0.2) is 0 Å². The topological polar surface area (TPSA) is 58.5 Å². The normalized spacial score (nSPS) is 25.4. The smallest absolute Gasteiger partial charge is 0.163 e. The van der Waals surface area contributed by atoms with Gasteiger partial charge in [0.15, 0.2) is 5.65 Å². The van der Waals surface area contributed by atoms with Gasteiger partial charge < -0.3 is 9.72 Å². The molecule has 37 heavy (non-hydrogen) atoms. The second-order valence-electron chi connectivity index (χ2n) is 12.8. The second-order valence-corrected chi connectivity index (χ2v) is 12.8. The molecule has 1 N–H and O–H groups in total. The molecule has 7 rings (SSSR count). The summed E-state index contributed by atoms with van der Waals surface area (Å²) in [6, 6.07) is 8.70. The summed E-state index contributed by atoms with van der Waals surface area (Å²) in [4.78, 5) is 6.66. The molecule has 4 aromatic rings. The lowest BCUT2D eigenvalue weighted by atomic mass is 9.81. The Kier molecular flexibility index (Phi) is 5.32. The summed E-state index contributed by atoms with van der Waals surface area (Å²) in [5, 5.41) is 9.85. The fourth-order valence-corrected chi connectivity index (χ4v) is 7.55. The van der Waals surface area contributed by atoms with E-state index in [1.165, 1.54) is 76.6 Å². The fraction of sp³-hybridized carbons (Fsp3) is 0.548. The largest absolute Gasteiger partial charge is 0.380 e. The SMILES string of the molecule is Cc1c(-c2[nH]c3ccc(C4CC5CC[C@H](C4)N5CC4(C)COC4)cc3c2C(C)C)cn2cnnc2c1C. The highest BCUT2D eigenvalue weighted by Gasteiger charge is 2.45. The lowest BCUT2D eigenvalue weighted by Gasteiger charge is -2.47. The third kappa shape index (κ3) is 3.67. The first-order valence-corrected chi connectivity index (χ1v) is 14.1. The monoisotopic (exact) mass is 497 g/mol. The van der Waals surface area contributed by atoms with E-state index in [4.69, 9.17) is 4.74 Å². The maximum atomic E-state index is 5.56. The van der Waals surface area contributed by atoms with Gasteiger partial charge in [0.1, 0.15) is 6.33 Å². The highest BCUT2D eigenvalue weighted by molar-refractivity contribution is 5.92. The molecule has 1 aromatic carbocycles. The predicted octanol–water partition coefficient (Wildman–Crippen LogP) is 6.36. The number of nitrogens with one attached hydrogen (secondary N) is 1. The van der Waals surface area contributed by atoms with Crippen LogP contribution >= 0.6 is 0 Å². The Hall–Kier alpha value is -2.70. The minimum atomic E-state index is 0.368. The molecule has 6 nitrogen and oxygen atoms in total. The van der Waals surface area contributed by atoms with Crippen LogP contribution < -0.4 is 0 Å². The molecule has 0 aliphatic carbocycles. The molecule has 2 bridgehead atoms. The van der Waals surface area contributed by atoms with Gasteiger partial charge >= 0.3 is 0 Å². The van der Waals surface area contributed by atoms with E-state index in [-0.39, 0.29) is 0 Å². The first-order valence-electron chi connectivity index (χ1n) is 14.1. The molecule has 3 aliphatic heterocycles. The fourth-order valence-electron chi connectivity index (χ4n) is 7.55. The summed E-state index contributed by atoms with van der Waals surface area (Å²) in [7, 11) is 0. The number of ether oxygens (including phenoxy) is 1. The molecular weight excluding hydrogens is 458 g/mol. The van der Waals surface area contributed by atoms with Crippen molar-refractivity contribution in [2.24, 2.45) is 5.41 Å². The Morgan fingerprint density at radius 2 is 1.86 bits per heavy atom. The lowest BCUT2D eigenvalue weighted by molar-refractivity contribution is -0.123. The summed E-state index contributed by atoms with van der Waals surface area (Å²) < 4.78 is 7.61. The number of H-pyrrole nitrogens is 1. The van der Waals surface area contributed by atoms with E-state index in [1.807, 2.05) is 0 Å². The molecule has 0 amide bonds. The van der Waals surface area contributed by atoms with Crippen LogP contribution in [0.3, 0.4) is 0 Å². The second kappa shape index (κ2) is 8.40. The van der Waals surface area contributed by atoms with E-state index >= 15 is 0 Å². The first kappa shape index (κ1) is 23.4. The van der Waals surface area contributed by atoms with Crippen molar-refractivity contribution in [3.05, 3.63) is 53.0 Å². The molecule has 6 heterocycles. The summed E-state index contributed by atoms with van der Waals surface area (Å²) in [5.74, 6) is 1.07. The average Bonchev–Trinajstić information content (AvgIpc) is 3.53. The number of hydrogen-bond donors (Lipinski definition) is 1. The van der Waals surface area contributed by atoms with Crippen LogP contribution in [0.5, 0.6) is 0 Å². The third-order valence-corrected chi connectivity index (χ3v) is 9.67. The number of aryl methyl sites for hydroxylation is 1. The summed E-state index contributed by atoms with van der Waals surface area (Å²) in [5.41, 5.74) is 10.4. The highest BCUT2D eigenvalue weighted by Crippen LogP contribution is 2.46. The number of benzene rings is 1. The first-order chi connectivity index (χ1) is 17.8. The summed E-state index contributed by atoms with van der Waals surface area (Å²) in [6.07, 6.45) is 9.29. The van der Waals surface area contributed by atoms with Crippen LogP contribution in [0, 0.1) is 19.3 Å². The average molecular weight is 498 g/mol. The van der Waals surface area contributed by atoms with E-state index in [2.05, 4.69) is 83.5 Å². The molecule has 3 aliphatic rings. The maximum absolute atomic E-state index is 5.56. The number of rotatable bonds is 5. The number of aromatic amines is 1. The zero-order chi connectivity index (χ0) is 25.5. The molecular formula is C31H39N5O. The lowest BCUT2D eigenvalue weighted by Crippen LogP contribution is -2.53. The zero-order valence-electron chi connectivity index (χ0n) is 22.8. The van der Waals surface area contributed by atoms with Crippen LogP contribution in [0.4, 0.5) is 0 Å². The van der Waals surface area contributed by atoms with Crippen LogP contribution in [0.15, 0.2) is 30.7 Å². The van der Waals surface area contributed by atoms with Crippen molar-refractivity contribution in [1.82, 2.24) is 24.5 Å². The van der Waals surface area contributed by atoms with Gasteiger partial charge in [0.05, 0.1) is 18.9 Å². The Labute approximate surface area is 219 Å². The summed E-state index contributed by atoms with van der Waals surface area (Å²) >= 11 is 0. The minimum Gasteiger partial charge on any atom is -0.380 e. The molecule has 0 spiro atoms. The van der Waals surface area contributed by atoms with Crippen LogP contribution in [0.2, 0.25) is 0 Å². The molecule has 194 valence electrons. The highest BCUT2D eigenvalue weighted by atomic mass is 16.5. The van der Waals surface area contributed by atoms with Gasteiger partial charge in [0.2, 0.25) is 0 Å². The van der Waals surface area contributed by atoms with E-state index in [9.17, 15) is 0 Å². The van der Waals surface area contributed by atoms with E-state index < -0.39 is 0 Å². The maximum Gasteiger partial charge on any atom is 0.163 e. The standard InChI is InChI=1S/C31H39N5O/c1-18(2)28-25-12-21(22-10-23-7-8-24(11-22)36(23)14-31(5)15-37-16-31)6-9-27(25)33-29(28)26-13-35-17-32-34-30(35)20(4)19(26)3/h6,9,12-13,17-18,22-24,33H,7-8,10-11,14-16H2,1-5H3/t22?,23-,24?/m1/s1. The van der Waals surface area contributed by atoms with Crippen molar-refractivity contribution < 1.29 is 4.74 Å². The Morgan fingerprint density at radius 1 is 1.11 bits per heavy atom. The van der Waals surface area contributed by atoms with Gasteiger partial charge in [-0.05, 0) is 85.8 Å². The van der Waals surface area contributed by atoms with Gasteiger partial charge in [0, 0.05) is 46.7 Å². The van der Waals surface area contributed by atoms with Gasteiger partial charge in [-0.2, -0.15) is 0 Å². The molecule has 3 atom stereocenters. The molecule has 3 fully saturated rings. The number of aromatic nitrogens is 4. The Balaban J connectivity index is 1.25. The zero-order valence-corrected chi connectivity index (χ0v) is 22.8. The van der Waals surface area contributed by atoms with Crippen molar-refractivity contribution in [3.63, 3.8) is 0 Å². The van der Waals surface area contributed by atoms with Crippen LogP contribution in [0.1, 0.15) is 80.5 Å². The van der Waals surface area contributed by atoms with Crippen molar-refractivity contribution in [2.75, 3.05) is 19.8 Å². The van der Waals surface area contributed by atoms with Gasteiger partial charge in [0.25, 0.3) is 0 Å². The minimum absolute atomic E-state index is 0.368. The number of pyridine rings is 1. The predicted molar refractivity (Wildman–Crippen MR) is 148 cm³/mol. The Bertz CT molecular complexity index is 1480. The number of hydrogen-bond acceptors (Lipinski definition) is 4. The number of fused-ring (bicyclic) bond motifs is 4. The number of nitrogens with zero attached hydrogens (tertiary/aromatic N) is 4. The van der Waals surface area contributed by atoms with Gasteiger partial charge in [-0.1, -0.05) is 26.8 Å². The molecule has 3 saturated heterocycles. The molecule has 6 heteroatoms. The van der Waals surface area contributed by atoms with Crippen molar-refractivity contribution >= 4 is 16.6 Å². The quantitative estimate of drug-likeness (QED) is 0.348. The van der Waals surface area contributed by atoms with E-state index in [0.717, 1.165) is 30.9 Å². The molecule has 0 radical (unpaired) electrons. The van der Waals surface area contributed by atoms with Crippen molar-refractivity contribution in [3.8, 4) is 11.3 Å². The third-order valence-electron chi connectivity index (χ3n) is 9.67. The van der Waals surface area contributed by atoms with Gasteiger partial charge in [-0.15, -0.1) is 10.2 Å². The van der Waals surface area contributed by atoms with Crippen LogP contribution in [-0.2, 0) is 4.74 Å². The van der Waals surface area contributed by atoms with Gasteiger partial charge in [-0.3, -0.25) is 9.30 Å². The summed E-state index contributed by atoms with van der Waals surface area (Å²) in [6.45, 7) is 14.5.